The maximum Gasteiger partial charge on any atom is 0.276 e. The van der Waals surface area contributed by atoms with Gasteiger partial charge in [-0.15, -0.1) is 11.5 Å². The molecule has 5 heteroatoms. The molecule has 0 bridgehead atoms. The normalized spacial score (nSPS) is 11.0. The van der Waals surface area contributed by atoms with Crippen LogP contribution in [0.4, 0.5) is 0 Å². The van der Waals surface area contributed by atoms with Crippen LogP contribution in [0, 0.1) is 31.1 Å². The van der Waals surface area contributed by atoms with Gasteiger partial charge in [-0.1, -0.05) is 41.8 Å². The zero-order chi connectivity index (χ0) is 16.7. The van der Waals surface area contributed by atoms with Crippen LogP contribution in [0.2, 0.25) is 0 Å². The number of hydrogen-bond acceptors (Lipinski definition) is 3. The molecule has 0 heterocycles. The molecule has 0 saturated heterocycles. The minimum absolute atomic E-state index is 0.00420. The number of benzene rings is 2. The predicted octanol–water partition coefficient (Wildman–Crippen LogP) is 2.31. The van der Waals surface area contributed by atoms with Gasteiger partial charge in [0.2, 0.25) is 0 Å². The Morgan fingerprint density at radius 1 is 1.09 bits per heavy atom. The number of nitrogens with zero attached hydrogens (tertiary/aromatic N) is 1. The van der Waals surface area contributed by atoms with E-state index in [0.29, 0.717) is 0 Å². The highest BCUT2D eigenvalue weighted by atomic mass is 32.2. The van der Waals surface area contributed by atoms with Gasteiger partial charge in [0.1, 0.15) is 0 Å². The molecule has 2 rings (SSSR count). The summed E-state index contributed by atoms with van der Waals surface area (Å²) in [5.41, 5.74) is 1.73. The monoisotopic (exact) mass is 322 g/mol. The quantitative estimate of drug-likeness (QED) is 0.535. The first kappa shape index (κ1) is 16.4. The van der Waals surface area contributed by atoms with Crippen molar-refractivity contribution >= 4 is 15.7 Å². The molecule has 0 spiro atoms. The summed E-state index contributed by atoms with van der Waals surface area (Å²) in [4.78, 5) is 2.21. The molecule has 0 atom stereocenters. The molecule has 0 unspecified atom stereocenters. The van der Waals surface area contributed by atoms with Crippen LogP contribution in [-0.4, -0.2) is 14.1 Å². The Morgan fingerprint density at radius 2 is 1.74 bits per heavy atom. The van der Waals surface area contributed by atoms with Gasteiger partial charge in [0.25, 0.3) is 10.0 Å². The summed E-state index contributed by atoms with van der Waals surface area (Å²) in [5, 5.41) is 3.70. The average molecular weight is 322 g/mol. The summed E-state index contributed by atoms with van der Waals surface area (Å²) in [6.45, 7) is 1.87. The van der Waals surface area contributed by atoms with Gasteiger partial charge in [-0.05, 0) is 43.0 Å². The van der Waals surface area contributed by atoms with E-state index in [1.54, 1.807) is 12.1 Å². The molecule has 0 aliphatic rings. The molecule has 2 aromatic carbocycles. The first-order valence-electron chi connectivity index (χ1n) is 6.71. The van der Waals surface area contributed by atoms with Crippen LogP contribution in [0.25, 0.3) is 0 Å². The van der Waals surface area contributed by atoms with Crippen LogP contribution >= 0.6 is 0 Å². The van der Waals surface area contributed by atoms with Crippen molar-refractivity contribution in [3.8, 4) is 24.2 Å². The van der Waals surface area contributed by atoms with E-state index in [-0.39, 0.29) is 10.6 Å². The number of aryl methyl sites for hydroxylation is 1. The topological polar surface area (TPSA) is 58.5 Å². The van der Waals surface area contributed by atoms with Gasteiger partial charge in [0.15, 0.2) is 5.71 Å². The van der Waals surface area contributed by atoms with Crippen molar-refractivity contribution in [2.45, 2.75) is 11.8 Å². The Kier molecular flexibility index (Phi) is 5.19. The van der Waals surface area contributed by atoms with E-state index in [4.69, 9.17) is 6.42 Å². The van der Waals surface area contributed by atoms with Crippen molar-refractivity contribution in [3.63, 3.8) is 0 Å². The van der Waals surface area contributed by atoms with E-state index >= 15 is 0 Å². The second-order valence-electron chi connectivity index (χ2n) is 4.63. The van der Waals surface area contributed by atoms with E-state index in [2.05, 4.69) is 27.7 Å². The van der Waals surface area contributed by atoms with Gasteiger partial charge in [-0.3, -0.25) is 0 Å². The summed E-state index contributed by atoms with van der Waals surface area (Å²) in [6.07, 6.45) is 5.31. The van der Waals surface area contributed by atoms with E-state index in [1.807, 2.05) is 37.3 Å². The van der Waals surface area contributed by atoms with Gasteiger partial charge in [0, 0.05) is 5.56 Å². The Labute approximate surface area is 136 Å². The lowest BCUT2D eigenvalue weighted by Crippen LogP contribution is -2.19. The molecular formula is C18H14N2O2S. The summed E-state index contributed by atoms with van der Waals surface area (Å²) in [5.74, 6) is 7.73. The minimum Gasteiger partial charge on any atom is -0.200 e. The van der Waals surface area contributed by atoms with E-state index < -0.39 is 10.0 Å². The lowest BCUT2D eigenvalue weighted by atomic mass is 10.2. The predicted molar refractivity (Wildman–Crippen MR) is 91.1 cm³/mol. The van der Waals surface area contributed by atoms with Crippen LogP contribution in [0.15, 0.2) is 64.6 Å². The molecule has 0 aromatic heterocycles. The maximum atomic E-state index is 12.1. The number of terminal acetylenes is 1. The fourth-order valence-corrected chi connectivity index (χ4v) is 2.44. The molecule has 4 nitrogen and oxygen atoms in total. The zero-order valence-corrected chi connectivity index (χ0v) is 13.3. The van der Waals surface area contributed by atoms with Crippen molar-refractivity contribution in [2.24, 2.45) is 5.10 Å². The van der Waals surface area contributed by atoms with E-state index in [0.717, 1.165) is 11.1 Å². The Hall–Kier alpha value is -3.02. The van der Waals surface area contributed by atoms with Crippen molar-refractivity contribution in [1.82, 2.24) is 4.83 Å². The average Bonchev–Trinajstić information content (AvgIpc) is 2.56. The van der Waals surface area contributed by atoms with Crippen LogP contribution < -0.4 is 4.83 Å². The van der Waals surface area contributed by atoms with Crippen LogP contribution in [0.5, 0.6) is 0 Å². The second-order valence-corrected chi connectivity index (χ2v) is 6.29. The van der Waals surface area contributed by atoms with Gasteiger partial charge in [-0.25, -0.2) is 0 Å². The number of nitrogens with one attached hydrogen (secondary N) is 1. The fraction of sp³-hybridized carbons (Fsp3) is 0.0556. The number of hydrogen-bond donors (Lipinski definition) is 1. The molecule has 0 saturated carbocycles. The zero-order valence-electron chi connectivity index (χ0n) is 12.4. The third-order valence-corrected chi connectivity index (χ3v) is 4.07. The molecular weight excluding hydrogens is 308 g/mol. The maximum absolute atomic E-state index is 12.1. The van der Waals surface area contributed by atoms with E-state index in [1.165, 1.54) is 12.1 Å². The third-order valence-electron chi connectivity index (χ3n) is 2.84. The minimum atomic E-state index is -3.77. The Balaban J connectivity index is 2.18. The lowest BCUT2D eigenvalue weighted by molar-refractivity contribution is 0.584. The number of sulfonamides is 1. The van der Waals surface area contributed by atoms with E-state index in [9.17, 15) is 8.42 Å². The lowest BCUT2D eigenvalue weighted by Gasteiger charge is -2.03. The van der Waals surface area contributed by atoms with Gasteiger partial charge in [0.05, 0.1) is 4.90 Å². The van der Waals surface area contributed by atoms with Crippen molar-refractivity contribution in [2.75, 3.05) is 0 Å². The summed E-state index contributed by atoms with van der Waals surface area (Å²) >= 11 is 0. The van der Waals surface area contributed by atoms with Gasteiger partial charge >= 0.3 is 0 Å². The Bertz CT molecular complexity index is 911. The largest absolute Gasteiger partial charge is 0.276 e. The molecule has 0 aliphatic carbocycles. The third kappa shape index (κ3) is 4.74. The molecule has 0 aliphatic heterocycles. The molecule has 0 radical (unpaired) electrons. The number of rotatable bonds is 3. The summed E-state index contributed by atoms with van der Waals surface area (Å²) in [6, 6.07) is 15.6. The summed E-state index contributed by atoms with van der Waals surface area (Å²) in [7, 11) is -3.77. The first-order chi connectivity index (χ1) is 11.0. The van der Waals surface area contributed by atoms with Crippen molar-refractivity contribution in [1.29, 1.82) is 0 Å². The molecule has 1 N–H and O–H groups in total. The highest BCUT2D eigenvalue weighted by Crippen LogP contribution is 2.09. The van der Waals surface area contributed by atoms with Crippen LogP contribution in [0.1, 0.15) is 11.1 Å². The van der Waals surface area contributed by atoms with Gasteiger partial charge in [-0.2, -0.15) is 13.2 Å². The molecule has 0 fully saturated rings. The molecule has 23 heavy (non-hydrogen) atoms. The smallest absolute Gasteiger partial charge is 0.200 e. The van der Waals surface area contributed by atoms with Gasteiger partial charge < -0.3 is 0 Å². The highest BCUT2D eigenvalue weighted by Gasteiger charge is 2.12. The van der Waals surface area contributed by atoms with Crippen LogP contribution in [0.3, 0.4) is 0 Å². The Morgan fingerprint density at radius 3 is 2.35 bits per heavy atom. The molecule has 0 amide bonds. The molecule has 114 valence electrons. The molecule has 2 aromatic rings. The van der Waals surface area contributed by atoms with Crippen LogP contribution in [-0.2, 0) is 10.0 Å². The SMILES string of the molecule is C#C/C(C#Cc1ccccc1)=N\NS(=O)(=O)c1ccc(C)cc1. The number of hydrazone groups is 1. The second kappa shape index (κ2) is 7.31. The highest BCUT2D eigenvalue weighted by molar-refractivity contribution is 7.89. The van der Waals surface area contributed by atoms with Crippen molar-refractivity contribution < 1.29 is 8.42 Å². The fourth-order valence-electron chi connectivity index (χ4n) is 1.63. The first-order valence-corrected chi connectivity index (χ1v) is 8.19. The summed E-state index contributed by atoms with van der Waals surface area (Å²) < 4.78 is 24.2. The van der Waals surface area contributed by atoms with Crippen molar-refractivity contribution in [3.05, 3.63) is 65.7 Å². The standard InChI is InChI=1S/C18H14N2O2S/c1-3-17(12-11-16-7-5-4-6-8-16)19-20-23(21,22)18-13-9-15(2)10-14-18/h1,4-10,13-14,20H,2H3/b19-17+.